The second kappa shape index (κ2) is 10.0. The summed E-state index contributed by atoms with van der Waals surface area (Å²) >= 11 is 0. The molecule has 3 rings (SSSR count). The highest BCUT2D eigenvalue weighted by atomic mass is 16.5. The Hall–Kier alpha value is -1.43. The minimum Gasteiger partial charge on any atom is -0.378 e. The van der Waals surface area contributed by atoms with Gasteiger partial charge in [0.1, 0.15) is 5.65 Å². The van der Waals surface area contributed by atoms with Gasteiger partial charge in [-0.05, 0) is 45.1 Å². The number of unbranched alkanes of at least 4 members (excludes halogenated alkanes) is 2. The van der Waals surface area contributed by atoms with Crippen LogP contribution in [-0.4, -0.2) is 34.9 Å². The fourth-order valence-electron chi connectivity index (χ4n) is 3.69. The van der Waals surface area contributed by atoms with E-state index < -0.39 is 0 Å². The number of nitrogens with zero attached hydrogens (tertiary/aromatic N) is 2. The van der Waals surface area contributed by atoms with Crippen molar-refractivity contribution >= 4 is 5.65 Å². The number of ether oxygens (including phenoxy) is 2. The molecule has 0 aromatic carbocycles. The van der Waals surface area contributed by atoms with Gasteiger partial charge in [0.15, 0.2) is 0 Å². The van der Waals surface area contributed by atoms with E-state index in [0.717, 1.165) is 30.7 Å². The Labute approximate surface area is 157 Å². The first-order chi connectivity index (χ1) is 12.8. The third kappa shape index (κ3) is 5.29. The molecule has 1 N–H and O–H groups in total. The van der Waals surface area contributed by atoms with Crippen LogP contribution in [0.4, 0.5) is 0 Å². The average molecular weight is 360 g/mol. The summed E-state index contributed by atoms with van der Waals surface area (Å²) in [6.07, 6.45) is 12.7. The smallest absolute Gasteiger partial charge is 0.142 e. The third-order valence-electron chi connectivity index (χ3n) is 5.34. The summed E-state index contributed by atoms with van der Waals surface area (Å²) in [6, 6.07) is 4.77. The molecular formula is C21H33N3O2. The number of hydrogen-bond donors (Lipinski definition) is 1. The van der Waals surface area contributed by atoms with Crippen molar-refractivity contribution in [3.8, 4) is 0 Å². The lowest BCUT2D eigenvalue weighted by atomic mass is 9.93. The largest absolute Gasteiger partial charge is 0.378 e. The van der Waals surface area contributed by atoms with Crippen LogP contribution in [0.1, 0.15) is 63.1 Å². The first-order valence-electron chi connectivity index (χ1n) is 10.1. The van der Waals surface area contributed by atoms with E-state index in [0.29, 0.717) is 25.5 Å². The van der Waals surface area contributed by atoms with Gasteiger partial charge in [0.05, 0.1) is 19.4 Å². The number of imidazole rings is 1. The normalized spacial score (nSPS) is 20.7. The predicted molar refractivity (Wildman–Crippen MR) is 104 cm³/mol. The topological polar surface area (TPSA) is 47.8 Å². The van der Waals surface area contributed by atoms with Crippen LogP contribution in [0, 0.1) is 6.92 Å². The second-order valence-electron chi connectivity index (χ2n) is 7.37. The van der Waals surface area contributed by atoms with E-state index in [1.165, 1.54) is 37.8 Å². The highest BCUT2D eigenvalue weighted by molar-refractivity contribution is 5.48. The monoisotopic (exact) mass is 359 g/mol. The van der Waals surface area contributed by atoms with Crippen LogP contribution in [-0.2, 0) is 16.1 Å². The van der Waals surface area contributed by atoms with Gasteiger partial charge in [-0.1, -0.05) is 25.8 Å². The first-order valence-corrected chi connectivity index (χ1v) is 10.1. The van der Waals surface area contributed by atoms with Crippen LogP contribution >= 0.6 is 0 Å². The summed E-state index contributed by atoms with van der Waals surface area (Å²) in [5.74, 6) is 0. The van der Waals surface area contributed by atoms with Gasteiger partial charge in [-0.25, -0.2) is 4.98 Å². The fraction of sp³-hybridized carbons (Fsp3) is 0.667. The summed E-state index contributed by atoms with van der Waals surface area (Å²) < 4.78 is 14.0. The fourth-order valence-corrected chi connectivity index (χ4v) is 3.69. The van der Waals surface area contributed by atoms with E-state index in [4.69, 9.17) is 9.47 Å². The van der Waals surface area contributed by atoms with Gasteiger partial charge in [-0.15, -0.1) is 0 Å². The maximum atomic E-state index is 5.99. The van der Waals surface area contributed by atoms with Crippen LogP contribution in [0.3, 0.4) is 0 Å². The lowest BCUT2D eigenvalue weighted by Gasteiger charge is -2.29. The van der Waals surface area contributed by atoms with Gasteiger partial charge in [0.2, 0.25) is 0 Å². The maximum absolute atomic E-state index is 5.99. The predicted octanol–water partition coefficient (Wildman–Crippen LogP) is 4.22. The van der Waals surface area contributed by atoms with E-state index >= 15 is 0 Å². The van der Waals surface area contributed by atoms with Crippen LogP contribution in [0.2, 0.25) is 0 Å². The summed E-state index contributed by atoms with van der Waals surface area (Å²) in [6.45, 7) is 6.43. The maximum Gasteiger partial charge on any atom is 0.142 e. The molecule has 0 bridgehead atoms. The molecule has 2 aromatic rings. The molecule has 0 radical (unpaired) electrons. The Morgan fingerprint density at radius 2 is 2.04 bits per heavy atom. The molecule has 0 saturated heterocycles. The molecule has 1 fully saturated rings. The molecule has 0 atom stereocenters. The molecule has 1 aliphatic carbocycles. The quantitative estimate of drug-likeness (QED) is 0.509. The van der Waals surface area contributed by atoms with Gasteiger partial charge in [0.25, 0.3) is 0 Å². The Balaban J connectivity index is 1.32. The van der Waals surface area contributed by atoms with E-state index in [9.17, 15) is 0 Å². The molecule has 0 spiro atoms. The molecule has 5 nitrogen and oxygen atoms in total. The summed E-state index contributed by atoms with van der Waals surface area (Å²) in [5.41, 5.74) is 3.31. The molecule has 5 heteroatoms. The molecule has 144 valence electrons. The Bertz CT molecular complexity index is 662. The molecule has 2 heterocycles. The van der Waals surface area contributed by atoms with Gasteiger partial charge >= 0.3 is 0 Å². The van der Waals surface area contributed by atoms with Gasteiger partial charge in [0, 0.05) is 36.3 Å². The van der Waals surface area contributed by atoms with Crippen LogP contribution < -0.4 is 5.32 Å². The van der Waals surface area contributed by atoms with E-state index in [1.54, 1.807) is 0 Å². The Morgan fingerprint density at radius 1 is 1.19 bits per heavy atom. The van der Waals surface area contributed by atoms with Crippen LogP contribution in [0.25, 0.3) is 5.65 Å². The second-order valence-corrected chi connectivity index (χ2v) is 7.37. The van der Waals surface area contributed by atoms with Crippen molar-refractivity contribution in [3.05, 3.63) is 35.8 Å². The minimum atomic E-state index is 0.465. The van der Waals surface area contributed by atoms with E-state index in [1.807, 2.05) is 12.4 Å². The first kappa shape index (κ1) is 19.3. The Morgan fingerprint density at radius 3 is 2.85 bits per heavy atom. The number of pyridine rings is 1. The zero-order chi connectivity index (χ0) is 18.2. The molecule has 26 heavy (non-hydrogen) atoms. The van der Waals surface area contributed by atoms with Crippen molar-refractivity contribution in [1.29, 1.82) is 0 Å². The standard InChI is InChI=1S/C21H33N3O2/c1-3-4-5-14-26-20-10-8-19(9-11-20)23-16-25-15-18-7-6-17(2)24-13-12-22-21(18)24/h6-7,12-13,19-20,23H,3-5,8-11,14-16H2,1-2H3. The Kier molecular flexibility index (Phi) is 7.47. The molecule has 2 aromatic heterocycles. The van der Waals surface area contributed by atoms with Crippen molar-refractivity contribution in [2.75, 3.05) is 13.3 Å². The lowest BCUT2D eigenvalue weighted by Crippen LogP contribution is -2.36. The number of rotatable bonds is 10. The van der Waals surface area contributed by atoms with Gasteiger partial charge in [-0.2, -0.15) is 0 Å². The van der Waals surface area contributed by atoms with Gasteiger partial charge in [-0.3, -0.25) is 5.32 Å². The lowest BCUT2D eigenvalue weighted by molar-refractivity contribution is 0.0150. The molecule has 0 amide bonds. The van der Waals surface area contributed by atoms with E-state index in [-0.39, 0.29) is 0 Å². The van der Waals surface area contributed by atoms with E-state index in [2.05, 4.69) is 40.7 Å². The molecule has 0 aliphatic heterocycles. The van der Waals surface area contributed by atoms with Crippen molar-refractivity contribution in [1.82, 2.24) is 14.7 Å². The highest BCUT2D eigenvalue weighted by Gasteiger charge is 2.21. The molecule has 1 aliphatic rings. The van der Waals surface area contributed by atoms with Crippen molar-refractivity contribution in [2.45, 2.75) is 77.5 Å². The van der Waals surface area contributed by atoms with Crippen molar-refractivity contribution in [3.63, 3.8) is 0 Å². The third-order valence-corrected chi connectivity index (χ3v) is 5.34. The molecular weight excluding hydrogens is 326 g/mol. The summed E-state index contributed by atoms with van der Waals surface area (Å²) in [5, 5.41) is 3.54. The van der Waals surface area contributed by atoms with Crippen LogP contribution in [0.5, 0.6) is 0 Å². The number of aromatic nitrogens is 2. The number of nitrogens with one attached hydrogen (secondary N) is 1. The average Bonchev–Trinajstić information content (AvgIpc) is 3.16. The SMILES string of the molecule is CCCCCOC1CCC(NCOCc2ccc(C)n3ccnc23)CC1. The summed E-state index contributed by atoms with van der Waals surface area (Å²) in [4.78, 5) is 4.44. The minimum absolute atomic E-state index is 0.465. The highest BCUT2D eigenvalue weighted by Crippen LogP contribution is 2.21. The number of fused-ring (bicyclic) bond motifs is 1. The van der Waals surface area contributed by atoms with Crippen LogP contribution in [0.15, 0.2) is 24.5 Å². The molecule has 0 unspecified atom stereocenters. The van der Waals surface area contributed by atoms with Crippen molar-refractivity contribution < 1.29 is 9.47 Å². The summed E-state index contributed by atoms with van der Waals surface area (Å²) in [7, 11) is 0. The zero-order valence-corrected chi connectivity index (χ0v) is 16.2. The number of hydrogen-bond acceptors (Lipinski definition) is 4. The molecule has 1 saturated carbocycles. The number of aryl methyl sites for hydroxylation is 1. The zero-order valence-electron chi connectivity index (χ0n) is 16.2. The van der Waals surface area contributed by atoms with Gasteiger partial charge < -0.3 is 13.9 Å². The van der Waals surface area contributed by atoms with Crippen molar-refractivity contribution in [2.24, 2.45) is 0 Å².